The van der Waals surface area contributed by atoms with E-state index in [9.17, 15) is 9.90 Å². The summed E-state index contributed by atoms with van der Waals surface area (Å²) in [4.78, 5) is 12.2. The number of hydrogen-bond acceptors (Lipinski definition) is 2. The van der Waals surface area contributed by atoms with Crippen molar-refractivity contribution < 1.29 is 9.90 Å². The Morgan fingerprint density at radius 1 is 1.09 bits per heavy atom. The SMILES string of the molecule is CC(NC(=O)Cc1ccc(O)cc1)c1ccc2c(c1)CCCC2. The molecule has 0 saturated heterocycles. The van der Waals surface area contributed by atoms with E-state index in [1.165, 1.54) is 36.0 Å². The molecule has 2 N–H and O–H groups in total. The maximum atomic E-state index is 12.2. The van der Waals surface area contributed by atoms with E-state index in [1.807, 2.05) is 6.92 Å². The number of aryl methyl sites for hydroxylation is 2. The molecule has 0 saturated carbocycles. The zero-order valence-electron chi connectivity index (χ0n) is 13.5. The van der Waals surface area contributed by atoms with Gasteiger partial charge in [0.25, 0.3) is 0 Å². The highest BCUT2D eigenvalue weighted by molar-refractivity contribution is 5.79. The average molecular weight is 309 g/mol. The van der Waals surface area contributed by atoms with Crippen LogP contribution in [0.4, 0.5) is 0 Å². The molecule has 1 amide bonds. The average Bonchev–Trinajstić information content (AvgIpc) is 2.56. The van der Waals surface area contributed by atoms with Crippen LogP contribution in [0.25, 0.3) is 0 Å². The second-order valence-corrected chi connectivity index (χ2v) is 6.37. The van der Waals surface area contributed by atoms with Crippen LogP contribution in [0.2, 0.25) is 0 Å². The maximum absolute atomic E-state index is 12.2. The lowest BCUT2D eigenvalue weighted by Gasteiger charge is -2.20. The third kappa shape index (κ3) is 3.92. The summed E-state index contributed by atoms with van der Waals surface area (Å²) < 4.78 is 0. The van der Waals surface area contributed by atoms with Gasteiger partial charge < -0.3 is 10.4 Å². The van der Waals surface area contributed by atoms with E-state index in [-0.39, 0.29) is 17.7 Å². The predicted octanol–water partition coefficient (Wildman–Crippen LogP) is 3.69. The van der Waals surface area contributed by atoms with Gasteiger partial charge in [-0.25, -0.2) is 0 Å². The summed E-state index contributed by atoms with van der Waals surface area (Å²) in [5.41, 5.74) is 4.97. The predicted molar refractivity (Wildman–Crippen MR) is 91.5 cm³/mol. The molecule has 0 spiro atoms. The number of rotatable bonds is 4. The quantitative estimate of drug-likeness (QED) is 0.905. The fourth-order valence-electron chi connectivity index (χ4n) is 3.20. The number of phenolic OH excluding ortho intramolecular Hbond substituents is 1. The summed E-state index contributed by atoms with van der Waals surface area (Å²) >= 11 is 0. The standard InChI is InChI=1S/C20H23NO2/c1-14(17-9-8-16-4-2-3-5-18(16)13-17)21-20(23)12-15-6-10-19(22)11-7-15/h6-11,13-14,22H,2-5,12H2,1H3,(H,21,23). The molecule has 3 heteroatoms. The van der Waals surface area contributed by atoms with Crippen LogP contribution in [0, 0.1) is 0 Å². The number of carbonyl (C=O) groups is 1. The first kappa shape index (κ1) is 15.6. The van der Waals surface area contributed by atoms with Crippen LogP contribution >= 0.6 is 0 Å². The van der Waals surface area contributed by atoms with E-state index in [4.69, 9.17) is 0 Å². The topological polar surface area (TPSA) is 49.3 Å². The molecule has 0 radical (unpaired) electrons. The van der Waals surface area contributed by atoms with Gasteiger partial charge in [-0.05, 0) is 67.0 Å². The van der Waals surface area contributed by atoms with Crippen molar-refractivity contribution in [3.05, 3.63) is 64.7 Å². The van der Waals surface area contributed by atoms with Crippen molar-refractivity contribution in [1.82, 2.24) is 5.32 Å². The summed E-state index contributed by atoms with van der Waals surface area (Å²) in [7, 11) is 0. The second-order valence-electron chi connectivity index (χ2n) is 6.37. The largest absolute Gasteiger partial charge is 0.508 e. The van der Waals surface area contributed by atoms with Crippen LogP contribution in [0.1, 0.15) is 48.1 Å². The summed E-state index contributed by atoms with van der Waals surface area (Å²) in [6.45, 7) is 2.03. The fraction of sp³-hybridized carbons (Fsp3) is 0.350. The van der Waals surface area contributed by atoms with Crippen molar-refractivity contribution in [3.8, 4) is 5.75 Å². The molecule has 23 heavy (non-hydrogen) atoms. The van der Waals surface area contributed by atoms with Crippen molar-refractivity contribution in [2.24, 2.45) is 0 Å². The van der Waals surface area contributed by atoms with Crippen LogP contribution in [-0.2, 0) is 24.1 Å². The summed E-state index contributed by atoms with van der Waals surface area (Å²) in [6.07, 6.45) is 5.20. The molecule has 120 valence electrons. The first-order valence-corrected chi connectivity index (χ1v) is 8.31. The molecule has 2 aromatic rings. The number of aromatic hydroxyl groups is 1. The smallest absolute Gasteiger partial charge is 0.224 e. The lowest BCUT2D eigenvalue weighted by molar-refractivity contribution is -0.121. The Kier molecular flexibility index (Phi) is 4.65. The minimum atomic E-state index is 0.000843. The number of nitrogens with one attached hydrogen (secondary N) is 1. The molecule has 0 aromatic heterocycles. The lowest BCUT2D eigenvalue weighted by Crippen LogP contribution is -2.28. The summed E-state index contributed by atoms with van der Waals surface area (Å²) in [5, 5.41) is 12.3. The van der Waals surface area contributed by atoms with Gasteiger partial charge in [0, 0.05) is 0 Å². The van der Waals surface area contributed by atoms with Crippen molar-refractivity contribution >= 4 is 5.91 Å². The van der Waals surface area contributed by atoms with E-state index in [1.54, 1.807) is 24.3 Å². The van der Waals surface area contributed by atoms with Gasteiger partial charge in [-0.3, -0.25) is 4.79 Å². The normalized spacial score (nSPS) is 14.8. The van der Waals surface area contributed by atoms with E-state index in [0.29, 0.717) is 6.42 Å². The Balaban J connectivity index is 1.63. The van der Waals surface area contributed by atoms with Crippen LogP contribution in [0.15, 0.2) is 42.5 Å². The van der Waals surface area contributed by atoms with E-state index < -0.39 is 0 Å². The summed E-state index contributed by atoms with van der Waals surface area (Å²) in [5.74, 6) is 0.220. The highest BCUT2D eigenvalue weighted by atomic mass is 16.3. The van der Waals surface area contributed by atoms with E-state index in [2.05, 4.69) is 23.5 Å². The van der Waals surface area contributed by atoms with Gasteiger partial charge in [-0.2, -0.15) is 0 Å². The molecule has 0 heterocycles. The molecule has 1 aliphatic carbocycles. The molecule has 3 nitrogen and oxygen atoms in total. The minimum Gasteiger partial charge on any atom is -0.508 e. The number of carbonyl (C=O) groups excluding carboxylic acids is 1. The number of benzene rings is 2. The van der Waals surface area contributed by atoms with E-state index >= 15 is 0 Å². The van der Waals surface area contributed by atoms with E-state index in [0.717, 1.165) is 12.0 Å². The molecule has 3 rings (SSSR count). The Morgan fingerprint density at radius 3 is 2.52 bits per heavy atom. The first-order valence-electron chi connectivity index (χ1n) is 8.31. The highest BCUT2D eigenvalue weighted by Gasteiger charge is 2.14. The Labute approximate surface area is 137 Å². The molecule has 1 aliphatic rings. The molecular weight excluding hydrogens is 286 g/mol. The highest BCUT2D eigenvalue weighted by Crippen LogP contribution is 2.24. The fourth-order valence-corrected chi connectivity index (χ4v) is 3.20. The monoisotopic (exact) mass is 309 g/mol. The van der Waals surface area contributed by atoms with Gasteiger partial charge in [-0.15, -0.1) is 0 Å². The lowest BCUT2D eigenvalue weighted by atomic mass is 9.89. The second kappa shape index (κ2) is 6.86. The van der Waals surface area contributed by atoms with Crippen molar-refractivity contribution in [2.45, 2.75) is 45.1 Å². The third-order valence-corrected chi connectivity index (χ3v) is 4.55. The van der Waals surface area contributed by atoms with Crippen molar-refractivity contribution in [2.75, 3.05) is 0 Å². The Morgan fingerprint density at radius 2 is 1.78 bits per heavy atom. The van der Waals surface area contributed by atoms with Gasteiger partial charge in [0.15, 0.2) is 0 Å². The minimum absolute atomic E-state index is 0.000843. The molecule has 0 aliphatic heterocycles. The first-order chi connectivity index (χ1) is 11.1. The van der Waals surface area contributed by atoms with Crippen LogP contribution in [0.3, 0.4) is 0 Å². The molecule has 2 aromatic carbocycles. The maximum Gasteiger partial charge on any atom is 0.224 e. The number of hydrogen-bond donors (Lipinski definition) is 2. The van der Waals surface area contributed by atoms with Gasteiger partial charge in [0.2, 0.25) is 5.91 Å². The third-order valence-electron chi connectivity index (χ3n) is 4.55. The number of amides is 1. The Bertz CT molecular complexity index is 691. The van der Waals surface area contributed by atoms with Gasteiger partial charge in [0.1, 0.15) is 5.75 Å². The molecular formula is C20H23NO2. The molecule has 0 fully saturated rings. The van der Waals surface area contributed by atoms with Crippen LogP contribution in [-0.4, -0.2) is 11.0 Å². The summed E-state index contributed by atoms with van der Waals surface area (Å²) in [6, 6.07) is 13.4. The van der Waals surface area contributed by atoms with Crippen molar-refractivity contribution in [3.63, 3.8) is 0 Å². The Hall–Kier alpha value is -2.29. The number of phenols is 1. The number of fused-ring (bicyclic) bond motifs is 1. The molecule has 1 unspecified atom stereocenters. The van der Waals surface area contributed by atoms with Gasteiger partial charge in [-0.1, -0.05) is 30.3 Å². The molecule has 0 bridgehead atoms. The van der Waals surface area contributed by atoms with Gasteiger partial charge >= 0.3 is 0 Å². The van der Waals surface area contributed by atoms with Crippen LogP contribution < -0.4 is 5.32 Å². The van der Waals surface area contributed by atoms with Crippen molar-refractivity contribution in [1.29, 1.82) is 0 Å². The van der Waals surface area contributed by atoms with Crippen LogP contribution in [0.5, 0.6) is 5.75 Å². The zero-order valence-corrected chi connectivity index (χ0v) is 13.5. The zero-order chi connectivity index (χ0) is 16.2. The molecule has 1 atom stereocenters. The van der Waals surface area contributed by atoms with Gasteiger partial charge in [0.05, 0.1) is 12.5 Å².